The van der Waals surface area contributed by atoms with Crippen molar-refractivity contribution < 1.29 is 23.1 Å². The van der Waals surface area contributed by atoms with Gasteiger partial charge in [0.15, 0.2) is 4.91 Å². The van der Waals surface area contributed by atoms with Crippen LogP contribution in [0.15, 0.2) is 15.4 Å². The van der Waals surface area contributed by atoms with Crippen LogP contribution in [0.4, 0.5) is 0 Å². The van der Waals surface area contributed by atoms with Gasteiger partial charge in [0.25, 0.3) is 15.9 Å². The molecule has 0 radical (unpaired) electrons. The number of carboxylic acids is 1. The van der Waals surface area contributed by atoms with Gasteiger partial charge in [-0.2, -0.15) is 12.8 Å². The maximum Gasteiger partial charge on any atom is 0.349 e. The number of rotatable bonds is 2. The third-order valence-corrected chi connectivity index (χ3v) is 3.88. The van der Waals surface area contributed by atoms with E-state index in [0.29, 0.717) is 26.2 Å². The average Bonchev–Trinajstić information content (AvgIpc) is 2.65. The van der Waals surface area contributed by atoms with Gasteiger partial charge in [0, 0.05) is 26.2 Å². The summed E-state index contributed by atoms with van der Waals surface area (Å²) in [6.45, 7) is 2.10. The Balaban J connectivity index is 2.25. The molecule has 2 aliphatic heterocycles. The van der Waals surface area contributed by atoms with E-state index in [1.807, 2.05) is 0 Å². The number of sulfonamides is 1. The molecule has 0 spiro atoms. The first-order chi connectivity index (χ1) is 8.42. The predicted molar refractivity (Wildman–Crippen MR) is 61.5 cm³/mol. The summed E-state index contributed by atoms with van der Waals surface area (Å²) in [6, 6.07) is 0. The van der Waals surface area contributed by atoms with Crippen LogP contribution in [0, 0.1) is 0 Å². The summed E-state index contributed by atoms with van der Waals surface area (Å²) in [5.41, 5.74) is -0.339. The molecule has 2 aliphatic rings. The SMILES string of the molecule is O=C(O)C1=CC(C(=O)N2CCNCC2)=NS1(=O)=O. The number of carbonyl (C=O) groups is 2. The minimum Gasteiger partial charge on any atom is -0.477 e. The van der Waals surface area contributed by atoms with E-state index in [1.54, 1.807) is 0 Å². The standard InChI is InChI=1S/C9H11N3O5S/c13-8(12-3-1-10-2-4-12)6-5-7(9(14)15)18(16,17)11-6/h5,10H,1-4H2,(H,14,15). The molecule has 2 rings (SSSR count). The zero-order valence-corrected chi connectivity index (χ0v) is 10.1. The second kappa shape index (κ2) is 4.50. The molecule has 0 atom stereocenters. The van der Waals surface area contributed by atoms with Crippen LogP contribution in [-0.4, -0.2) is 62.2 Å². The summed E-state index contributed by atoms with van der Waals surface area (Å²) in [7, 11) is -4.23. The first-order valence-electron chi connectivity index (χ1n) is 5.22. The third kappa shape index (κ3) is 2.27. The number of nitrogens with one attached hydrogen (secondary N) is 1. The number of nitrogens with zero attached hydrogens (tertiary/aromatic N) is 2. The van der Waals surface area contributed by atoms with Crippen molar-refractivity contribution in [3.05, 3.63) is 11.0 Å². The lowest BCUT2D eigenvalue weighted by atomic mass is 10.2. The summed E-state index contributed by atoms with van der Waals surface area (Å²) in [6.07, 6.45) is 0.808. The third-order valence-electron chi connectivity index (χ3n) is 2.60. The van der Waals surface area contributed by atoms with E-state index >= 15 is 0 Å². The second-order valence-electron chi connectivity index (χ2n) is 3.81. The molecule has 9 heteroatoms. The van der Waals surface area contributed by atoms with Gasteiger partial charge in [-0.3, -0.25) is 4.79 Å². The molecule has 0 unspecified atom stereocenters. The quantitative estimate of drug-likeness (QED) is 0.611. The molecule has 1 fully saturated rings. The van der Waals surface area contributed by atoms with Crippen molar-refractivity contribution in [3.8, 4) is 0 Å². The summed E-state index contributed by atoms with van der Waals surface area (Å²) in [5, 5.41) is 11.7. The Kier molecular flexibility index (Phi) is 3.18. The van der Waals surface area contributed by atoms with E-state index in [1.165, 1.54) is 4.90 Å². The molecule has 98 valence electrons. The summed E-state index contributed by atoms with van der Waals surface area (Å²) >= 11 is 0. The number of hydrogen-bond acceptors (Lipinski definition) is 5. The molecule has 0 aliphatic carbocycles. The van der Waals surface area contributed by atoms with Crippen LogP contribution in [0.3, 0.4) is 0 Å². The van der Waals surface area contributed by atoms with Crippen LogP contribution in [0.25, 0.3) is 0 Å². The lowest BCUT2D eigenvalue weighted by molar-refractivity contribution is -0.131. The Hall–Kier alpha value is -1.74. The molecule has 0 aromatic rings. The fraction of sp³-hybridized carbons (Fsp3) is 0.444. The summed E-state index contributed by atoms with van der Waals surface area (Å²) < 4.78 is 26.0. The molecular formula is C9H11N3O5S. The molecule has 2 N–H and O–H groups in total. The number of amides is 1. The van der Waals surface area contributed by atoms with Crippen LogP contribution in [0.1, 0.15) is 0 Å². The van der Waals surface area contributed by atoms with Gasteiger partial charge in [-0.15, -0.1) is 0 Å². The monoisotopic (exact) mass is 273 g/mol. The predicted octanol–water partition coefficient (Wildman–Crippen LogP) is -1.83. The number of carboxylic acid groups (broad SMARTS) is 1. The number of carbonyl (C=O) groups excluding carboxylic acids is 1. The minimum atomic E-state index is -4.23. The molecule has 1 saturated heterocycles. The lowest BCUT2D eigenvalue weighted by Crippen LogP contribution is -2.48. The summed E-state index contributed by atoms with van der Waals surface area (Å²) in [5.74, 6) is -2.17. The number of piperazine rings is 1. The van der Waals surface area contributed by atoms with E-state index < -0.39 is 26.8 Å². The zero-order chi connectivity index (χ0) is 13.3. The number of hydrogen-bond donors (Lipinski definition) is 2. The minimum absolute atomic E-state index is 0.339. The number of aliphatic carboxylic acids is 1. The normalized spacial score (nSPS) is 22.3. The van der Waals surface area contributed by atoms with Gasteiger partial charge >= 0.3 is 5.97 Å². The van der Waals surface area contributed by atoms with Gasteiger partial charge in [0.2, 0.25) is 0 Å². The fourth-order valence-electron chi connectivity index (χ4n) is 1.71. The Morgan fingerprint density at radius 2 is 1.94 bits per heavy atom. The van der Waals surface area contributed by atoms with Crippen LogP contribution >= 0.6 is 0 Å². The Morgan fingerprint density at radius 1 is 1.33 bits per heavy atom. The van der Waals surface area contributed by atoms with Crippen molar-refractivity contribution in [1.82, 2.24) is 10.2 Å². The van der Waals surface area contributed by atoms with Crippen molar-refractivity contribution in [2.75, 3.05) is 26.2 Å². The van der Waals surface area contributed by atoms with Gasteiger partial charge in [-0.25, -0.2) is 4.79 Å². The smallest absolute Gasteiger partial charge is 0.349 e. The van der Waals surface area contributed by atoms with Crippen molar-refractivity contribution in [1.29, 1.82) is 0 Å². The Morgan fingerprint density at radius 3 is 2.44 bits per heavy atom. The molecule has 2 heterocycles. The maximum atomic E-state index is 11.9. The van der Waals surface area contributed by atoms with Crippen molar-refractivity contribution >= 4 is 27.6 Å². The van der Waals surface area contributed by atoms with Crippen molar-refractivity contribution in [2.24, 2.45) is 4.40 Å². The van der Waals surface area contributed by atoms with Gasteiger partial charge in [-0.05, 0) is 6.08 Å². The topological polar surface area (TPSA) is 116 Å². The van der Waals surface area contributed by atoms with Gasteiger partial charge < -0.3 is 15.3 Å². The van der Waals surface area contributed by atoms with Crippen molar-refractivity contribution in [3.63, 3.8) is 0 Å². The van der Waals surface area contributed by atoms with E-state index in [9.17, 15) is 18.0 Å². The summed E-state index contributed by atoms with van der Waals surface area (Å²) in [4.78, 5) is 23.2. The molecular weight excluding hydrogens is 262 g/mol. The molecule has 8 nitrogen and oxygen atoms in total. The van der Waals surface area contributed by atoms with E-state index in [4.69, 9.17) is 5.11 Å². The Labute approximate surface area is 103 Å². The first-order valence-corrected chi connectivity index (χ1v) is 6.66. The zero-order valence-electron chi connectivity index (χ0n) is 9.29. The maximum absolute atomic E-state index is 11.9. The molecule has 0 bridgehead atoms. The van der Waals surface area contributed by atoms with Gasteiger partial charge in [-0.1, -0.05) is 0 Å². The van der Waals surface area contributed by atoms with Crippen LogP contribution in [0.5, 0.6) is 0 Å². The van der Waals surface area contributed by atoms with Gasteiger partial charge in [0.05, 0.1) is 0 Å². The largest absolute Gasteiger partial charge is 0.477 e. The highest BCUT2D eigenvalue weighted by Gasteiger charge is 2.34. The van der Waals surface area contributed by atoms with Crippen LogP contribution in [0.2, 0.25) is 0 Å². The van der Waals surface area contributed by atoms with E-state index in [0.717, 1.165) is 6.08 Å². The van der Waals surface area contributed by atoms with E-state index in [-0.39, 0.29) is 5.71 Å². The van der Waals surface area contributed by atoms with E-state index in [2.05, 4.69) is 9.71 Å². The highest BCUT2D eigenvalue weighted by molar-refractivity contribution is 7.95. The molecule has 0 aromatic carbocycles. The molecule has 18 heavy (non-hydrogen) atoms. The van der Waals surface area contributed by atoms with Crippen LogP contribution in [-0.2, 0) is 19.6 Å². The highest BCUT2D eigenvalue weighted by Crippen LogP contribution is 2.18. The second-order valence-corrected chi connectivity index (χ2v) is 5.38. The first kappa shape index (κ1) is 12.7. The average molecular weight is 273 g/mol. The molecule has 1 amide bonds. The highest BCUT2D eigenvalue weighted by atomic mass is 32.2. The lowest BCUT2D eigenvalue weighted by Gasteiger charge is -2.26. The van der Waals surface area contributed by atoms with Gasteiger partial charge in [0.1, 0.15) is 5.71 Å². The Bertz CT molecular complexity index is 557. The molecule has 0 aromatic heterocycles. The van der Waals surface area contributed by atoms with Crippen LogP contribution < -0.4 is 5.32 Å². The van der Waals surface area contributed by atoms with Crippen molar-refractivity contribution in [2.45, 2.75) is 0 Å². The fourth-order valence-corrected chi connectivity index (χ4v) is 2.68. The molecule has 0 saturated carbocycles.